The third-order valence-electron chi connectivity index (χ3n) is 2.74. The van der Waals surface area contributed by atoms with Gasteiger partial charge in [0, 0.05) is 4.90 Å². The Balaban J connectivity index is 1.99. The fraction of sp³-hybridized carbons (Fsp3) is 0.385. The Morgan fingerprint density at radius 3 is 2.84 bits per heavy atom. The fourth-order valence-corrected chi connectivity index (χ4v) is 2.40. The van der Waals surface area contributed by atoms with E-state index in [9.17, 15) is 5.11 Å². The second-order valence-electron chi connectivity index (χ2n) is 4.37. The highest BCUT2D eigenvalue weighted by Gasteiger charge is 2.19. The number of aliphatic hydroxyl groups is 1. The summed E-state index contributed by atoms with van der Waals surface area (Å²) in [5.41, 5.74) is 6.95. The normalized spacial score (nSPS) is 14.3. The first-order chi connectivity index (χ1) is 9.08. The van der Waals surface area contributed by atoms with E-state index in [4.69, 9.17) is 10.3 Å². The van der Waals surface area contributed by atoms with Crippen molar-refractivity contribution in [2.75, 3.05) is 0 Å². The molecular formula is C13H17N3O2S. The van der Waals surface area contributed by atoms with Gasteiger partial charge in [-0.1, -0.05) is 23.4 Å². The van der Waals surface area contributed by atoms with Crippen LogP contribution in [0.3, 0.4) is 0 Å². The van der Waals surface area contributed by atoms with Crippen molar-refractivity contribution in [3.05, 3.63) is 41.5 Å². The molecule has 0 bridgehead atoms. The molecule has 0 saturated carbocycles. The lowest BCUT2D eigenvalue weighted by Gasteiger charge is -2.08. The van der Waals surface area contributed by atoms with Crippen LogP contribution in [0.25, 0.3) is 0 Å². The SMILES string of the molecule is Cc1ccccc1SCc1noc([C@@H](N)[C@@H](C)O)n1. The minimum Gasteiger partial charge on any atom is -0.391 e. The molecule has 0 saturated heterocycles. The predicted octanol–water partition coefficient (Wildman–Crippen LogP) is 2.05. The molecule has 0 fully saturated rings. The number of thioether (sulfide) groups is 1. The minimum atomic E-state index is -0.711. The van der Waals surface area contributed by atoms with Gasteiger partial charge in [-0.15, -0.1) is 11.8 Å². The summed E-state index contributed by atoms with van der Waals surface area (Å²) in [7, 11) is 0. The van der Waals surface area contributed by atoms with Crippen molar-refractivity contribution >= 4 is 11.8 Å². The molecule has 0 spiro atoms. The van der Waals surface area contributed by atoms with Crippen molar-refractivity contribution < 1.29 is 9.63 Å². The summed E-state index contributed by atoms with van der Waals surface area (Å²) in [6.45, 7) is 3.66. The molecule has 5 nitrogen and oxygen atoms in total. The summed E-state index contributed by atoms with van der Waals surface area (Å²) >= 11 is 1.65. The molecule has 19 heavy (non-hydrogen) atoms. The van der Waals surface area contributed by atoms with Crippen LogP contribution < -0.4 is 5.73 Å². The van der Waals surface area contributed by atoms with Crippen molar-refractivity contribution in [2.24, 2.45) is 5.73 Å². The van der Waals surface area contributed by atoms with Crippen LogP contribution in [-0.4, -0.2) is 21.4 Å². The van der Waals surface area contributed by atoms with Crippen molar-refractivity contribution in [1.82, 2.24) is 10.1 Å². The van der Waals surface area contributed by atoms with E-state index in [2.05, 4.69) is 29.2 Å². The van der Waals surface area contributed by atoms with Gasteiger partial charge >= 0.3 is 0 Å². The zero-order valence-electron chi connectivity index (χ0n) is 10.9. The Morgan fingerprint density at radius 2 is 2.16 bits per heavy atom. The molecule has 1 aromatic heterocycles. The largest absolute Gasteiger partial charge is 0.391 e. The zero-order valence-corrected chi connectivity index (χ0v) is 11.7. The molecule has 2 rings (SSSR count). The fourth-order valence-electron chi connectivity index (χ4n) is 1.53. The van der Waals surface area contributed by atoms with Gasteiger partial charge in [0.1, 0.15) is 6.04 Å². The summed E-state index contributed by atoms with van der Waals surface area (Å²) < 4.78 is 5.05. The van der Waals surface area contributed by atoms with Crippen LogP contribution in [0.5, 0.6) is 0 Å². The molecule has 3 N–H and O–H groups in total. The van der Waals surface area contributed by atoms with Gasteiger partial charge in [0.05, 0.1) is 11.9 Å². The predicted molar refractivity (Wildman–Crippen MR) is 73.6 cm³/mol. The number of hydrogen-bond donors (Lipinski definition) is 2. The van der Waals surface area contributed by atoms with Gasteiger partial charge in [-0.3, -0.25) is 0 Å². The lowest BCUT2D eigenvalue weighted by atomic mass is 10.2. The number of hydrogen-bond acceptors (Lipinski definition) is 6. The van der Waals surface area contributed by atoms with Crippen molar-refractivity contribution in [1.29, 1.82) is 0 Å². The molecule has 0 radical (unpaired) electrons. The number of nitrogens with zero attached hydrogens (tertiary/aromatic N) is 2. The highest BCUT2D eigenvalue weighted by atomic mass is 32.2. The number of nitrogens with two attached hydrogens (primary N) is 1. The highest BCUT2D eigenvalue weighted by molar-refractivity contribution is 7.98. The molecule has 2 atom stereocenters. The second kappa shape index (κ2) is 6.18. The summed E-state index contributed by atoms with van der Waals surface area (Å²) in [5.74, 6) is 1.47. The first-order valence-electron chi connectivity index (χ1n) is 6.02. The van der Waals surface area contributed by atoms with Gasteiger partial charge < -0.3 is 15.4 Å². The van der Waals surface area contributed by atoms with Crippen LogP contribution in [-0.2, 0) is 5.75 Å². The standard InChI is InChI=1S/C13H17N3O2S/c1-8-5-3-4-6-10(8)19-7-11-15-13(18-16-11)12(14)9(2)17/h3-6,9,12,17H,7,14H2,1-2H3/t9-,12+/m1/s1. The van der Waals surface area contributed by atoms with E-state index < -0.39 is 12.1 Å². The highest BCUT2D eigenvalue weighted by Crippen LogP contribution is 2.25. The van der Waals surface area contributed by atoms with E-state index in [0.717, 1.165) is 0 Å². The lowest BCUT2D eigenvalue weighted by molar-refractivity contribution is 0.146. The number of aliphatic hydroxyl groups excluding tert-OH is 1. The Hall–Kier alpha value is -1.37. The van der Waals surface area contributed by atoms with Gasteiger partial charge in [-0.05, 0) is 25.5 Å². The molecule has 102 valence electrons. The molecule has 1 heterocycles. The van der Waals surface area contributed by atoms with Crippen LogP contribution in [0, 0.1) is 6.92 Å². The van der Waals surface area contributed by atoms with E-state index >= 15 is 0 Å². The molecule has 6 heteroatoms. The third kappa shape index (κ3) is 3.56. The van der Waals surface area contributed by atoms with Crippen LogP contribution in [0.4, 0.5) is 0 Å². The summed E-state index contributed by atoms with van der Waals surface area (Å²) in [6.07, 6.45) is -0.711. The number of aryl methyl sites for hydroxylation is 1. The van der Waals surface area contributed by atoms with E-state index in [-0.39, 0.29) is 5.89 Å². The number of aromatic nitrogens is 2. The first kappa shape index (κ1) is 14.0. The molecule has 0 unspecified atom stereocenters. The number of rotatable bonds is 5. The summed E-state index contributed by atoms with van der Waals surface area (Å²) in [6, 6.07) is 7.49. The average molecular weight is 279 g/mol. The van der Waals surface area contributed by atoms with E-state index in [0.29, 0.717) is 11.6 Å². The van der Waals surface area contributed by atoms with E-state index in [1.54, 1.807) is 18.7 Å². The van der Waals surface area contributed by atoms with Crippen molar-refractivity contribution in [3.63, 3.8) is 0 Å². The average Bonchev–Trinajstić information content (AvgIpc) is 2.85. The molecule has 0 aliphatic carbocycles. The lowest BCUT2D eigenvalue weighted by Crippen LogP contribution is -2.23. The van der Waals surface area contributed by atoms with Gasteiger partial charge in [-0.2, -0.15) is 4.98 Å². The molecule has 0 amide bonds. The summed E-state index contributed by atoms with van der Waals surface area (Å²) in [5, 5.41) is 13.2. The maximum atomic E-state index is 9.37. The topological polar surface area (TPSA) is 85.2 Å². The minimum absolute atomic E-state index is 0.274. The quantitative estimate of drug-likeness (QED) is 0.815. The molecular weight excluding hydrogens is 262 g/mol. The van der Waals surface area contributed by atoms with Crippen LogP contribution in [0.15, 0.2) is 33.7 Å². The Bertz CT molecular complexity index is 542. The molecule has 1 aromatic carbocycles. The maximum absolute atomic E-state index is 9.37. The molecule has 2 aromatic rings. The van der Waals surface area contributed by atoms with E-state index in [1.807, 2.05) is 12.1 Å². The monoisotopic (exact) mass is 279 g/mol. The van der Waals surface area contributed by atoms with Gasteiger partial charge in [-0.25, -0.2) is 0 Å². The first-order valence-corrected chi connectivity index (χ1v) is 7.01. The second-order valence-corrected chi connectivity index (χ2v) is 5.39. The van der Waals surface area contributed by atoms with Crippen molar-refractivity contribution in [3.8, 4) is 0 Å². The zero-order chi connectivity index (χ0) is 13.8. The van der Waals surface area contributed by atoms with E-state index in [1.165, 1.54) is 10.5 Å². The third-order valence-corrected chi connectivity index (χ3v) is 3.91. The van der Waals surface area contributed by atoms with Crippen LogP contribution >= 0.6 is 11.8 Å². The Kier molecular flexibility index (Phi) is 4.57. The van der Waals surface area contributed by atoms with Gasteiger partial charge in [0.15, 0.2) is 5.82 Å². The molecule has 0 aliphatic rings. The smallest absolute Gasteiger partial charge is 0.246 e. The Labute approximate surface area is 116 Å². The Morgan fingerprint density at radius 1 is 1.42 bits per heavy atom. The summed E-state index contributed by atoms with van der Waals surface area (Å²) in [4.78, 5) is 5.38. The maximum Gasteiger partial charge on any atom is 0.246 e. The molecule has 0 aliphatic heterocycles. The number of benzene rings is 1. The van der Waals surface area contributed by atoms with Crippen molar-refractivity contribution in [2.45, 2.75) is 36.6 Å². The van der Waals surface area contributed by atoms with Crippen LogP contribution in [0.1, 0.15) is 30.2 Å². The van der Waals surface area contributed by atoms with Crippen LogP contribution in [0.2, 0.25) is 0 Å². The van der Waals surface area contributed by atoms with Gasteiger partial charge in [0.2, 0.25) is 5.89 Å². The van der Waals surface area contributed by atoms with Gasteiger partial charge in [0.25, 0.3) is 0 Å².